The molecular formula is C48H80N2. The first-order valence-electron chi connectivity index (χ1n) is 24.4. The highest BCUT2D eigenvalue weighted by molar-refractivity contribution is 5.07. The molecule has 282 valence electrons. The molecule has 0 spiro atoms. The Morgan fingerprint density at radius 2 is 0.420 bits per heavy atom. The average Bonchev–Trinajstić information content (AvgIpc) is 3.40. The van der Waals surface area contributed by atoms with Gasteiger partial charge in [0.2, 0.25) is 0 Å². The highest BCUT2D eigenvalue weighted by Crippen LogP contribution is 2.57. The van der Waals surface area contributed by atoms with E-state index in [4.69, 9.17) is 0 Å². The van der Waals surface area contributed by atoms with E-state index in [1.165, 1.54) is 25.7 Å². The molecule has 0 aromatic carbocycles. The molecule has 2 aliphatic heterocycles. The molecule has 0 aromatic heterocycles. The molecule has 0 aromatic rings. The van der Waals surface area contributed by atoms with Crippen LogP contribution in [0.25, 0.3) is 0 Å². The minimum absolute atomic E-state index is 0.936. The summed E-state index contributed by atoms with van der Waals surface area (Å²) in [6.45, 7) is 0. The van der Waals surface area contributed by atoms with Gasteiger partial charge in [-0.3, -0.25) is 9.80 Å². The van der Waals surface area contributed by atoms with Crippen LogP contribution >= 0.6 is 0 Å². The molecule has 2 heterocycles. The van der Waals surface area contributed by atoms with E-state index in [-0.39, 0.29) is 0 Å². The number of hydrogen-bond donors (Lipinski definition) is 0. The molecule has 0 bridgehead atoms. The van der Waals surface area contributed by atoms with Crippen LogP contribution in [0.5, 0.6) is 0 Å². The molecule has 2 heteroatoms. The first kappa shape index (κ1) is 34.4. The molecule has 12 unspecified atom stereocenters. The number of likely N-dealkylation sites (tertiary alicyclic amines) is 2. The van der Waals surface area contributed by atoms with Gasteiger partial charge in [-0.05, 0) is 188 Å². The van der Waals surface area contributed by atoms with E-state index < -0.39 is 0 Å². The highest BCUT2D eigenvalue weighted by Gasteiger charge is 2.54. The van der Waals surface area contributed by atoms with Gasteiger partial charge in [-0.2, -0.15) is 0 Å². The summed E-state index contributed by atoms with van der Waals surface area (Å²) >= 11 is 0. The van der Waals surface area contributed by atoms with Crippen LogP contribution in [0.1, 0.15) is 205 Å². The van der Waals surface area contributed by atoms with E-state index in [1.807, 2.05) is 0 Å². The molecular weight excluding hydrogens is 605 g/mol. The van der Waals surface area contributed by atoms with Gasteiger partial charge in [-0.15, -0.1) is 0 Å². The molecule has 50 heavy (non-hydrogen) atoms. The first-order chi connectivity index (χ1) is 24.8. The van der Waals surface area contributed by atoms with E-state index in [2.05, 4.69) is 9.80 Å². The van der Waals surface area contributed by atoms with Gasteiger partial charge in [0.15, 0.2) is 0 Å². The summed E-state index contributed by atoms with van der Waals surface area (Å²) in [5.74, 6) is 10.7. The van der Waals surface area contributed by atoms with Crippen molar-refractivity contribution in [3.05, 3.63) is 0 Å². The van der Waals surface area contributed by atoms with Crippen molar-refractivity contribution in [1.82, 2.24) is 9.80 Å². The standard InChI is InChI=1S/C48H80N2/c1-2-14-38-37(13-1)41-17-5-9-21-45(41)49(46-22-10-6-18-42(38)46)35-29-25-33(26-30-35)34-27-31-36(32-28-34)50-47-23-11-7-19-43(47)39-15-3-4-16-40(39)44-20-8-12-24-48(44)50/h33-48H,1-32H2. The Morgan fingerprint density at radius 3 is 0.680 bits per heavy atom. The van der Waals surface area contributed by atoms with Crippen LogP contribution in [0.4, 0.5) is 0 Å². The molecule has 2 nitrogen and oxygen atoms in total. The number of hydrogen-bond acceptors (Lipinski definition) is 2. The van der Waals surface area contributed by atoms with Gasteiger partial charge in [-0.25, -0.2) is 0 Å². The number of rotatable bonds is 3. The van der Waals surface area contributed by atoms with E-state index in [0.29, 0.717) is 0 Å². The van der Waals surface area contributed by atoms with E-state index in [0.717, 1.165) is 95.4 Å². The fourth-order valence-corrected chi connectivity index (χ4v) is 17.9. The second kappa shape index (κ2) is 15.2. The van der Waals surface area contributed by atoms with E-state index in [1.54, 1.807) is 180 Å². The molecule has 10 rings (SSSR count). The van der Waals surface area contributed by atoms with Gasteiger partial charge in [0.25, 0.3) is 0 Å². The normalized spacial score (nSPS) is 52.1. The molecule has 2 saturated heterocycles. The molecule has 12 atom stereocenters. The van der Waals surface area contributed by atoms with Crippen LogP contribution in [-0.2, 0) is 0 Å². The summed E-state index contributed by atoms with van der Waals surface area (Å²) in [5, 5.41) is 0. The largest absolute Gasteiger partial charge is 0.294 e. The molecule has 10 aliphatic rings. The lowest BCUT2D eigenvalue weighted by molar-refractivity contribution is -0.0316. The lowest BCUT2D eigenvalue weighted by Crippen LogP contribution is -2.56. The highest BCUT2D eigenvalue weighted by atomic mass is 15.2. The number of fused-ring (bicyclic) bond motifs is 10. The maximum Gasteiger partial charge on any atom is 0.0132 e. The molecule has 8 aliphatic carbocycles. The predicted octanol–water partition coefficient (Wildman–Crippen LogP) is 12.6. The summed E-state index contributed by atoms with van der Waals surface area (Å²) in [6, 6.07) is 5.72. The topological polar surface area (TPSA) is 6.48 Å². The van der Waals surface area contributed by atoms with E-state index in [9.17, 15) is 0 Å². The summed E-state index contributed by atoms with van der Waals surface area (Å²) in [5.41, 5.74) is 0. The van der Waals surface area contributed by atoms with Gasteiger partial charge in [-0.1, -0.05) is 77.0 Å². The first-order valence-corrected chi connectivity index (χ1v) is 24.4. The fourth-order valence-electron chi connectivity index (χ4n) is 17.9. The van der Waals surface area contributed by atoms with Crippen molar-refractivity contribution in [1.29, 1.82) is 0 Å². The summed E-state index contributed by atoms with van der Waals surface area (Å²) < 4.78 is 0. The quantitative estimate of drug-likeness (QED) is 0.292. The van der Waals surface area contributed by atoms with Gasteiger partial charge in [0, 0.05) is 36.3 Å². The third-order valence-corrected chi connectivity index (χ3v) is 19.6. The Hall–Kier alpha value is -0.0800. The van der Waals surface area contributed by atoms with Crippen molar-refractivity contribution in [3.63, 3.8) is 0 Å². The Balaban J connectivity index is 0.819. The van der Waals surface area contributed by atoms with Crippen molar-refractivity contribution in [2.24, 2.45) is 59.2 Å². The smallest absolute Gasteiger partial charge is 0.0132 e. The molecule has 0 N–H and O–H groups in total. The third-order valence-electron chi connectivity index (χ3n) is 19.6. The second-order valence-electron chi connectivity index (χ2n) is 21.3. The Morgan fingerprint density at radius 1 is 0.200 bits per heavy atom. The van der Waals surface area contributed by atoms with Crippen molar-refractivity contribution in [3.8, 4) is 0 Å². The molecule has 0 radical (unpaired) electrons. The van der Waals surface area contributed by atoms with Crippen molar-refractivity contribution in [2.75, 3.05) is 0 Å². The van der Waals surface area contributed by atoms with Gasteiger partial charge < -0.3 is 0 Å². The molecule has 0 amide bonds. The maximum atomic E-state index is 3.40. The Kier molecular flexibility index (Phi) is 10.5. The second-order valence-corrected chi connectivity index (χ2v) is 21.3. The lowest BCUT2D eigenvalue weighted by atomic mass is 9.62. The zero-order valence-electron chi connectivity index (χ0n) is 32.8. The Bertz CT molecular complexity index is 951. The van der Waals surface area contributed by atoms with E-state index >= 15 is 0 Å². The third kappa shape index (κ3) is 6.25. The van der Waals surface area contributed by atoms with Crippen molar-refractivity contribution in [2.45, 2.75) is 242 Å². The monoisotopic (exact) mass is 685 g/mol. The lowest BCUT2D eigenvalue weighted by Gasteiger charge is -2.52. The molecule has 10 fully saturated rings. The Labute approximate surface area is 309 Å². The fraction of sp³-hybridized carbons (Fsp3) is 1.00. The van der Waals surface area contributed by atoms with Crippen LogP contribution in [0.3, 0.4) is 0 Å². The number of nitrogens with zero attached hydrogens (tertiary/aromatic N) is 2. The minimum Gasteiger partial charge on any atom is -0.294 e. The summed E-state index contributed by atoms with van der Waals surface area (Å²) in [7, 11) is 0. The van der Waals surface area contributed by atoms with Crippen LogP contribution in [0.15, 0.2) is 0 Å². The minimum atomic E-state index is 0.936. The average molecular weight is 685 g/mol. The zero-order chi connectivity index (χ0) is 33.0. The molecule has 8 saturated carbocycles. The van der Waals surface area contributed by atoms with Crippen LogP contribution in [0, 0.1) is 59.2 Å². The van der Waals surface area contributed by atoms with Crippen LogP contribution in [0.2, 0.25) is 0 Å². The zero-order valence-corrected chi connectivity index (χ0v) is 32.8. The summed E-state index contributed by atoms with van der Waals surface area (Å²) in [4.78, 5) is 6.80. The summed E-state index contributed by atoms with van der Waals surface area (Å²) in [6.07, 6.45) is 50.1. The van der Waals surface area contributed by atoms with Crippen LogP contribution in [-0.4, -0.2) is 46.1 Å². The maximum absolute atomic E-state index is 3.40. The van der Waals surface area contributed by atoms with Crippen molar-refractivity contribution >= 4 is 0 Å². The predicted molar refractivity (Wildman–Crippen MR) is 209 cm³/mol. The van der Waals surface area contributed by atoms with Gasteiger partial charge >= 0.3 is 0 Å². The SMILES string of the molecule is C1CCC2C(C1)C1CCCCC1N(C1CCC(C3CCC(N4C5CCCCC5C5CCCCC5C5CCCCC54)CC3)CC1)C1CCCCC21. The van der Waals surface area contributed by atoms with Gasteiger partial charge in [0.1, 0.15) is 0 Å². The van der Waals surface area contributed by atoms with Crippen LogP contribution < -0.4 is 0 Å². The van der Waals surface area contributed by atoms with Crippen molar-refractivity contribution < 1.29 is 0 Å². The van der Waals surface area contributed by atoms with Gasteiger partial charge in [0.05, 0.1) is 0 Å².